The molecule has 15 heavy (non-hydrogen) atoms. The highest BCUT2D eigenvalue weighted by Gasteiger charge is 2.06. The number of hydrogen-bond acceptors (Lipinski definition) is 3. The summed E-state index contributed by atoms with van der Waals surface area (Å²) < 4.78 is 0. The van der Waals surface area contributed by atoms with Gasteiger partial charge in [0, 0.05) is 22.5 Å². The fourth-order valence-corrected chi connectivity index (χ4v) is 2.05. The molecule has 0 saturated carbocycles. The first kappa shape index (κ1) is 9.93. The Morgan fingerprint density at radius 3 is 2.53 bits per heavy atom. The number of thiophene rings is 1. The maximum atomic E-state index is 11.8. The number of anilines is 1. The van der Waals surface area contributed by atoms with Crippen LogP contribution in [-0.2, 0) is 6.42 Å². The minimum atomic E-state index is 0.137. The Balaban J connectivity index is 2.11. The largest absolute Gasteiger partial charge is 0.399 e. The van der Waals surface area contributed by atoms with Gasteiger partial charge in [0.15, 0.2) is 5.78 Å². The fourth-order valence-electron chi connectivity index (χ4n) is 1.34. The van der Waals surface area contributed by atoms with E-state index in [1.165, 1.54) is 0 Å². The third-order valence-corrected chi connectivity index (χ3v) is 3.02. The number of hydrogen-bond donors (Lipinski definition) is 1. The third-order valence-electron chi connectivity index (χ3n) is 2.15. The second-order valence-electron chi connectivity index (χ2n) is 3.30. The summed E-state index contributed by atoms with van der Waals surface area (Å²) in [5, 5.41) is 1.98. The molecule has 0 radical (unpaired) electrons. The lowest BCUT2D eigenvalue weighted by Crippen LogP contribution is -2.02. The second kappa shape index (κ2) is 4.28. The second-order valence-corrected chi connectivity index (χ2v) is 4.33. The summed E-state index contributed by atoms with van der Waals surface area (Å²) in [7, 11) is 0. The zero-order valence-corrected chi connectivity index (χ0v) is 8.96. The van der Waals surface area contributed by atoms with Gasteiger partial charge in [0.25, 0.3) is 0 Å². The van der Waals surface area contributed by atoms with E-state index in [4.69, 9.17) is 5.73 Å². The minimum absolute atomic E-state index is 0.137. The Kier molecular flexibility index (Phi) is 2.83. The standard InChI is InChI=1S/C12H11NOS/c13-10-5-3-9(4-6-10)12(14)8-11-2-1-7-15-11/h1-7H,8,13H2. The molecule has 1 heterocycles. The van der Waals surface area contributed by atoms with Crippen molar-refractivity contribution in [2.45, 2.75) is 6.42 Å². The van der Waals surface area contributed by atoms with Crippen molar-refractivity contribution in [2.24, 2.45) is 0 Å². The monoisotopic (exact) mass is 217 g/mol. The van der Waals surface area contributed by atoms with Crippen LogP contribution in [-0.4, -0.2) is 5.78 Å². The summed E-state index contributed by atoms with van der Waals surface area (Å²) >= 11 is 1.60. The number of carbonyl (C=O) groups excluding carboxylic acids is 1. The summed E-state index contributed by atoms with van der Waals surface area (Å²) in [6.07, 6.45) is 0.474. The van der Waals surface area contributed by atoms with Crippen LogP contribution in [0.25, 0.3) is 0 Å². The molecule has 0 unspecified atom stereocenters. The predicted octanol–water partition coefficient (Wildman–Crippen LogP) is 2.76. The van der Waals surface area contributed by atoms with Crippen LogP contribution >= 0.6 is 11.3 Å². The highest BCUT2D eigenvalue weighted by atomic mass is 32.1. The zero-order chi connectivity index (χ0) is 10.7. The molecule has 0 saturated heterocycles. The molecule has 0 fully saturated rings. The van der Waals surface area contributed by atoms with Crippen molar-refractivity contribution in [3.8, 4) is 0 Å². The summed E-state index contributed by atoms with van der Waals surface area (Å²) in [5.74, 6) is 0.137. The minimum Gasteiger partial charge on any atom is -0.399 e. The van der Waals surface area contributed by atoms with E-state index in [0.717, 1.165) is 10.4 Å². The molecule has 76 valence electrons. The molecule has 1 aromatic heterocycles. The van der Waals surface area contributed by atoms with Gasteiger partial charge in [-0.05, 0) is 35.7 Å². The number of benzene rings is 1. The van der Waals surface area contributed by atoms with E-state index in [2.05, 4.69) is 0 Å². The molecule has 0 amide bonds. The molecule has 0 atom stereocenters. The van der Waals surface area contributed by atoms with Gasteiger partial charge in [-0.3, -0.25) is 4.79 Å². The van der Waals surface area contributed by atoms with E-state index in [0.29, 0.717) is 12.1 Å². The van der Waals surface area contributed by atoms with Crippen molar-refractivity contribution in [3.63, 3.8) is 0 Å². The fraction of sp³-hybridized carbons (Fsp3) is 0.0833. The Morgan fingerprint density at radius 1 is 1.20 bits per heavy atom. The molecule has 0 bridgehead atoms. The topological polar surface area (TPSA) is 43.1 Å². The van der Waals surface area contributed by atoms with Crippen molar-refractivity contribution in [2.75, 3.05) is 5.73 Å². The maximum Gasteiger partial charge on any atom is 0.168 e. The molecular formula is C12H11NOS. The number of Topliss-reactive ketones (excluding diaryl/α,β-unsaturated/α-hetero) is 1. The van der Waals surface area contributed by atoms with Crippen LogP contribution in [0.4, 0.5) is 5.69 Å². The summed E-state index contributed by atoms with van der Waals surface area (Å²) in [6.45, 7) is 0. The Bertz CT molecular complexity index is 445. The van der Waals surface area contributed by atoms with E-state index < -0.39 is 0 Å². The molecular weight excluding hydrogens is 206 g/mol. The molecule has 2 aromatic rings. The molecule has 2 N–H and O–H groups in total. The molecule has 2 rings (SSSR count). The third kappa shape index (κ3) is 2.44. The number of carbonyl (C=O) groups is 1. The van der Waals surface area contributed by atoms with E-state index in [-0.39, 0.29) is 5.78 Å². The summed E-state index contributed by atoms with van der Waals surface area (Å²) in [6, 6.07) is 11.0. The molecule has 0 spiro atoms. The number of rotatable bonds is 3. The van der Waals surface area contributed by atoms with Gasteiger partial charge in [-0.2, -0.15) is 0 Å². The lowest BCUT2D eigenvalue weighted by molar-refractivity contribution is 0.0994. The lowest BCUT2D eigenvalue weighted by Gasteiger charge is -1.99. The van der Waals surface area contributed by atoms with Crippen molar-refractivity contribution >= 4 is 22.8 Å². The van der Waals surface area contributed by atoms with Crippen LogP contribution < -0.4 is 5.73 Å². The molecule has 0 aliphatic rings. The highest BCUT2D eigenvalue weighted by molar-refractivity contribution is 7.10. The van der Waals surface area contributed by atoms with Crippen LogP contribution in [0.3, 0.4) is 0 Å². The van der Waals surface area contributed by atoms with Gasteiger partial charge in [0.05, 0.1) is 0 Å². The average molecular weight is 217 g/mol. The quantitative estimate of drug-likeness (QED) is 0.634. The van der Waals surface area contributed by atoms with E-state index in [1.807, 2.05) is 17.5 Å². The van der Waals surface area contributed by atoms with Crippen molar-refractivity contribution in [1.29, 1.82) is 0 Å². The van der Waals surface area contributed by atoms with E-state index in [1.54, 1.807) is 35.6 Å². The number of ketones is 1. The van der Waals surface area contributed by atoms with Gasteiger partial charge in [-0.25, -0.2) is 0 Å². The Labute approximate surface area is 92.4 Å². The summed E-state index contributed by atoms with van der Waals surface area (Å²) in [5.41, 5.74) is 6.96. The lowest BCUT2D eigenvalue weighted by atomic mass is 10.1. The van der Waals surface area contributed by atoms with Crippen LogP contribution in [0.15, 0.2) is 41.8 Å². The van der Waals surface area contributed by atoms with Crippen LogP contribution in [0, 0.1) is 0 Å². The Hall–Kier alpha value is -1.61. The first-order valence-corrected chi connectivity index (χ1v) is 5.55. The number of nitrogen functional groups attached to an aromatic ring is 1. The van der Waals surface area contributed by atoms with Gasteiger partial charge in [-0.1, -0.05) is 6.07 Å². The van der Waals surface area contributed by atoms with Crippen LogP contribution in [0.5, 0.6) is 0 Å². The first-order valence-electron chi connectivity index (χ1n) is 4.67. The first-order chi connectivity index (χ1) is 7.25. The molecule has 0 aliphatic carbocycles. The van der Waals surface area contributed by atoms with Gasteiger partial charge >= 0.3 is 0 Å². The van der Waals surface area contributed by atoms with E-state index in [9.17, 15) is 4.79 Å². The van der Waals surface area contributed by atoms with Gasteiger partial charge in [0.2, 0.25) is 0 Å². The summed E-state index contributed by atoms with van der Waals surface area (Å²) in [4.78, 5) is 12.9. The average Bonchev–Trinajstić information content (AvgIpc) is 2.71. The number of nitrogens with two attached hydrogens (primary N) is 1. The molecule has 0 aliphatic heterocycles. The smallest absolute Gasteiger partial charge is 0.168 e. The van der Waals surface area contributed by atoms with Crippen molar-refractivity contribution in [3.05, 3.63) is 52.2 Å². The van der Waals surface area contributed by atoms with E-state index >= 15 is 0 Å². The van der Waals surface area contributed by atoms with Crippen molar-refractivity contribution < 1.29 is 4.79 Å². The SMILES string of the molecule is Nc1ccc(C(=O)Cc2cccs2)cc1. The zero-order valence-electron chi connectivity index (χ0n) is 8.14. The van der Waals surface area contributed by atoms with Crippen molar-refractivity contribution in [1.82, 2.24) is 0 Å². The van der Waals surface area contributed by atoms with Crippen LogP contribution in [0.2, 0.25) is 0 Å². The Morgan fingerprint density at radius 2 is 1.93 bits per heavy atom. The normalized spacial score (nSPS) is 10.1. The maximum absolute atomic E-state index is 11.8. The van der Waals surface area contributed by atoms with Crippen LogP contribution in [0.1, 0.15) is 15.2 Å². The molecule has 3 heteroatoms. The van der Waals surface area contributed by atoms with Gasteiger partial charge in [0.1, 0.15) is 0 Å². The molecule has 1 aromatic carbocycles. The predicted molar refractivity (Wildman–Crippen MR) is 63.2 cm³/mol. The highest BCUT2D eigenvalue weighted by Crippen LogP contribution is 2.13. The van der Waals surface area contributed by atoms with Gasteiger partial charge in [-0.15, -0.1) is 11.3 Å². The molecule has 2 nitrogen and oxygen atoms in total. The van der Waals surface area contributed by atoms with Gasteiger partial charge < -0.3 is 5.73 Å².